The van der Waals surface area contributed by atoms with Gasteiger partial charge >= 0.3 is 0 Å². The van der Waals surface area contributed by atoms with Crippen LogP contribution in [-0.2, 0) is 0 Å². The van der Waals surface area contributed by atoms with Crippen molar-refractivity contribution in [2.75, 3.05) is 18.0 Å². The van der Waals surface area contributed by atoms with Crippen LogP contribution in [0.2, 0.25) is 0 Å². The van der Waals surface area contributed by atoms with E-state index in [-0.39, 0.29) is 0 Å². The van der Waals surface area contributed by atoms with Crippen molar-refractivity contribution in [1.82, 2.24) is 0 Å². The second-order valence-electron chi connectivity index (χ2n) is 6.91. The van der Waals surface area contributed by atoms with Gasteiger partial charge in [-0.05, 0) is 66.3 Å². The minimum Gasteiger partial charge on any atom is -0.372 e. The predicted molar refractivity (Wildman–Crippen MR) is 112 cm³/mol. The van der Waals surface area contributed by atoms with E-state index in [1.165, 1.54) is 53.9 Å². The molecule has 1 aliphatic rings. The lowest BCUT2D eigenvalue weighted by Gasteiger charge is -2.18. The van der Waals surface area contributed by atoms with Crippen molar-refractivity contribution in [3.05, 3.63) is 83.9 Å². The Morgan fingerprint density at radius 3 is 2.19 bits per heavy atom. The Morgan fingerprint density at radius 1 is 0.808 bits per heavy atom. The van der Waals surface area contributed by atoms with E-state index in [1.807, 2.05) is 12.3 Å². The summed E-state index contributed by atoms with van der Waals surface area (Å²) in [5, 5.41) is 0. The minimum atomic E-state index is 0.979. The number of anilines is 1. The highest BCUT2D eigenvalue weighted by molar-refractivity contribution is 5.85. The molecule has 0 aliphatic carbocycles. The van der Waals surface area contributed by atoms with Crippen molar-refractivity contribution in [3.63, 3.8) is 0 Å². The Morgan fingerprint density at radius 2 is 1.50 bits per heavy atom. The van der Waals surface area contributed by atoms with Gasteiger partial charge in [0.05, 0.1) is 5.69 Å². The molecule has 0 atom stereocenters. The molecule has 0 N–H and O–H groups in total. The zero-order valence-corrected chi connectivity index (χ0v) is 15.2. The molecular weight excluding hydrogens is 316 g/mol. The highest BCUT2D eigenvalue weighted by atomic mass is 15.1. The minimum absolute atomic E-state index is 0.979. The van der Waals surface area contributed by atoms with Gasteiger partial charge in [0.1, 0.15) is 0 Å². The van der Waals surface area contributed by atoms with Crippen LogP contribution in [0.1, 0.15) is 24.0 Å². The van der Waals surface area contributed by atoms with Crippen LogP contribution in [0.3, 0.4) is 0 Å². The molecule has 0 amide bonds. The fourth-order valence-corrected chi connectivity index (χ4v) is 3.49. The standard InChI is InChI=1S/C24H24N2/c1-19-17-24(26-15-5-6-16-26)14-11-22(19)18-25-23-12-9-21(10-13-23)20-7-3-2-4-8-20/h2-4,7-14,17-18H,5-6,15-16H2,1H3. The van der Waals surface area contributed by atoms with Crippen molar-refractivity contribution in [2.45, 2.75) is 19.8 Å². The van der Waals surface area contributed by atoms with Gasteiger partial charge in [-0.15, -0.1) is 0 Å². The number of rotatable bonds is 4. The molecule has 0 saturated carbocycles. The summed E-state index contributed by atoms with van der Waals surface area (Å²) >= 11 is 0. The molecule has 1 aliphatic heterocycles. The summed E-state index contributed by atoms with van der Waals surface area (Å²) in [6.07, 6.45) is 4.59. The zero-order valence-electron chi connectivity index (χ0n) is 15.2. The summed E-state index contributed by atoms with van der Waals surface area (Å²) in [7, 11) is 0. The molecule has 2 heteroatoms. The topological polar surface area (TPSA) is 15.6 Å². The van der Waals surface area contributed by atoms with Gasteiger partial charge < -0.3 is 4.90 Å². The summed E-state index contributed by atoms with van der Waals surface area (Å²) in [5.74, 6) is 0. The molecule has 0 aromatic heterocycles. The number of benzene rings is 3. The van der Waals surface area contributed by atoms with Crippen molar-refractivity contribution < 1.29 is 0 Å². The van der Waals surface area contributed by atoms with Gasteiger partial charge in [-0.3, -0.25) is 4.99 Å². The third-order valence-electron chi connectivity index (χ3n) is 5.05. The number of nitrogens with zero attached hydrogens (tertiary/aromatic N) is 2. The van der Waals surface area contributed by atoms with Crippen LogP contribution in [0.4, 0.5) is 11.4 Å². The zero-order chi connectivity index (χ0) is 17.8. The highest BCUT2D eigenvalue weighted by Crippen LogP contribution is 2.24. The van der Waals surface area contributed by atoms with Gasteiger partial charge in [0.2, 0.25) is 0 Å². The average Bonchev–Trinajstić information content (AvgIpc) is 3.23. The Bertz CT molecular complexity index is 889. The van der Waals surface area contributed by atoms with E-state index in [4.69, 9.17) is 0 Å². The number of aliphatic imine (C=N–C) groups is 1. The third-order valence-corrected chi connectivity index (χ3v) is 5.05. The molecule has 130 valence electrons. The maximum Gasteiger partial charge on any atom is 0.0630 e. The molecule has 1 fully saturated rings. The lowest BCUT2D eigenvalue weighted by atomic mass is 10.1. The molecule has 0 unspecified atom stereocenters. The molecule has 4 rings (SSSR count). The largest absolute Gasteiger partial charge is 0.372 e. The lowest BCUT2D eigenvalue weighted by molar-refractivity contribution is 0.949. The highest BCUT2D eigenvalue weighted by Gasteiger charge is 2.12. The molecule has 0 radical (unpaired) electrons. The number of hydrogen-bond acceptors (Lipinski definition) is 2. The normalized spacial score (nSPS) is 14.3. The average molecular weight is 340 g/mol. The molecule has 3 aromatic carbocycles. The van der Waals surface area contributed by atoms with Gasteiger partial charge in [0, 0.05) is 25.0 Å². The van der Waals surface area contributed by atoms with Crippen LogP contribution < -0.4 is 4.90 Å². The maximum atomic E-state index is 4.66. The van der Waals surface area contributed by atoms with Gasteiger partial charge in [-0.25, -0.2) is 0 Å². The van der Waals surface area contributed by atoms with Crippen LogP contribution >= 0.6 is 0 Å². The summed E-state index contributed by atoms with van der Waals surface area (Å²) in [6.45, 7) is 4.53. The predicted octanol–water partition coefficient (Wildman–Crippen LogP) is 6.01. The van der Waals surface area contributed by atoms with Crippen LogP contribution in [-0.4, -0.2) is 19.3 Å². The monoisotopic (exact) mass is 340 g/mol. The summed E-state index contributed by atoms with van der Waals surface area (Å²) in [5.41, 5.74) is 7.23. The molecule has 0 spiro atoms. The van der Waals surface area contributed by atoms with Crippen molar-refractivity contribution >= 4 is 17.6 Å². The van der Waals surface area contributed by atoms with Crippen LogP contribution in [0.25, 0.3) is 11.1 Å². The van der Waals surface area contributed by atoms with Crippen LogP contribution in [0, 0.1) is 6.92 Å². The molecule has 3 aromatic rings. The summed E-state index contributed by atoms with van der Waals surface area (Å²) in [6, 6.07) is 25.5. The smallest absolute Gasteiger partial charge is 0.0630 e. The number of hydrogen-bond donors (Lipinski definition) is 0. The van der Waals surface area contributed by atoms with E-state index in [2.05, 4.69) is 83.5 Å². The first kappa shape index (κ1) is 16.6. The maximum absolute atomic E-state index is 4.66. The number of aryl methyl sites for hydroxylation is 1. The van der Waals surface area contributed by atoms with E-state index in [1.54, 1.807) is 0 Å². The first-order valence-electron chi connectivity index (χ1n) is 9.35. The molecule has 0 bridgehead atoms. The van der Waals surface area contributed by atoms with E-state index < -0.39 is 0 Å². The van der Waals surface area contributed by atoms with E-state index in [9.17, 15) is 0 Å². The molecule has 1 heterocycles. The SMILES string of the molecule is Cc1cc(N2CCCC2)ccc1C=Nc1ccc(-c2ccccc2)cc1. The summed E-state index contributed by atoms with van der Waals surface area (Å²) in [4.78, 5) is 7.13. The lowest BCUT2D eigenvalue weighted by Crippen LogP contribution is -2.17. The second-order valence-corrected chi connectivity index (χ2v) is 6.91. The van der Waals surface area contributed by atoms with Crippen molar-refractivity contribution in [2.24, 2.45) is 4.99 Å². The molecule has 1 saturated heterocycles. The fraction of sp³-hybridized carbons (Fsp3) is 0.208. The van der Waals surface area contributed by atoms with E-state index >= 15 is 0 Å². The van der Waals surface area contributed by atoms with Crippen molar-refractivity contribution in [3.8, 4) is 11.1 Å². The Labute approximate surface area is 155 Å². The van der Waals surface area contributed by atoms with Gasteiger partial charge in [-0.1, -0.05) is 48.5 Å². The van der Waals surface area contributed by atoms with Gasteiger partial charge in [-0.2, -0.15) is 0 Å². The van der Waals surface area contributed by atoms with Crippen molar-refractivity contribution in [1.29, 1.82) is 0 Å². The van der Waals surface area contributed by atoms with Gasteiger partial charge in [0.25, 0.3) is 0 Å². The molecule has 2 nitrogen and oxygen atoms in total. The van der Waals surface area contributed by atoms with E-state index in [0.29, 0.717) is 0 Å². The van der Waals surface area contributed by atoms with Gasteiger partial charge in [0.15, 0.2) is 0 Å². The van der Waals surface area contributed by atoms with E-state index in [0.717, 1.165) is 5.69 Å². The second kappa shape index (κ2) is 7.57. The Balaban J connectivity index is 1.49. The fourth-order valence-electron chi connectivity index (χ4n) is 3.49. The quantitative estimate of drug-likeness (QED) is 0.531. The first-order valence-corrected chi connectivity index (χ1v) is 9.35. The Kier molecular flexibility index (Phi) is 4.83. The third kappa shape index (κ3) is 3.70. The Hall–Kier alpha value is -2.87. The van der Waals surface area contributed by atoms with Crippen LogP contribution in [0.15, 0.2) is 77.8 Å². The first-order chi connectivity index (χ1) is 12.8. The molecule has 26 heavy (non-hydrogen) atoms. The van der Waals surface area contributed by atoms with Crippen LogP contribution in [0.5, 0.6) is 0 Å². The molecular formula is C24H24N2. The summed E-state index contributed by atoms with van der Waals surface area (Å²) < 4.78 is 0.